The van der Waals surface area contributed by atoms with Crippen molar-refractivity contribution in [3.05, 3.63) is 47.2 Å². The molecule has 3 atom stereocenters. The van der Waals surface area contributed by atoms with Crippen LogP contribution >= 0.6 is 0 Å². The number of halogens is 1. The zero-order valence-electron chi connectivity index (χ0n) is 17.2. The fourth-order valence-corrected chi connectivity index (χ4v) is 3.96. The number of aliphatic hydroxyl groups excluding tert-OH is 2. The second-order valence-electron chi connectivity index (χ2n) is 7.76. The molecule has 0 saturated heterocycles. The number of aliphatic hydroxyl groups is 2. The molecule has 31 heavy (non-hydrogen) atoms. The van der Waals surface area contributed by atoms with Gasteiger partial charge in [-0.05, 0) is 30.5 Å². The number of rotatable bonds is 6. The number of carbonyl (C=O) groups is 1. The van der Waals surface area contributed by atoms with Gasteiger partial charge in [-0.3, -0.25) is 9.79 Å². The third kappa shape index (κ3) is 4.21. The number of carbonyl (C=O) groups excluding carboxylic acids is 1. The van der Waals surface area contributed by atoms with Crippen molar-refractivity contribution < 1.29 is 24.1 Å². The van der Waals surface area contributed by atoms with Crippen molar-refractivity contribution in [3.8, 4) is 5.75 Å². The maximum Gasteiger partial charge on any atom is 0.272 e. The van der Waals surface area contributed by atoms with Gasteiger partial charge in [-0.15, -0.1) is 0 Å². The van der Waals surface area contributed by atoms with Crippen molar-refractivity contribution >= 4 is 17.4 Å². The number of likely N-dealkylation sites (N-methyl/N-ethyl adjacent to an activating group) is 1. The Balaban J connectivity index is 1.54. The van der Waals surface area contributed by atoms with E-state index in [4.69, 9.17) is 4.74 Å². The van der Waals surface area contributed by atoms with Crippen molar-refractivity contribution in [3.63, 3.8) is 0 Å². The van der Waals surface area contributed by atoms with Crippen LogP contribution in [0.1, 0.15) is 29.7 Å². The number of nitrogens with zero attached hydrogens (tertiary/aromatic N) is 4. The molecule has 164 valence electrons. The van der Waals surface area contributed by atoms with E-state index < -0.39 is 18.0 Å². The summed E-state index contributed by atoms with van der Waals surface area (Å²) in [5, 5.41) is 23.1. The number of hydrogen-bond acceptors (Lipinski definition) is 8. The lowest BCUT2D eigenvalue weighted by molar-refractivity contribution is -0.123. The number of aromatic nitrogens is 2. The summed E-state index contributed by atoms with van der Waals surface area (Å²) in [5.41, 5.74) is 1.88. The van der Waals surface area contributed by atoms with Crippen molar-refractivity contribution in [1.29, 1.82) is 0 Å². The molecule has 9 nitrogen and oxygen atoms in total. The van der Waals surface area contributed by atoms with Gasteiger partial charge in [0.1, 0.15) is 29.4 Å². The van der Waals surface area contributed by atoms with Gasteiger partial charge in [-0.2, -0.15) is 0 Å². The Morgan fingerprint density at radius 2 is 2.10 bits per heavy atom. The number of benzene rings is 1. The van der Waals surface area contributed by atoms with Gasteiger partial charge in [0.2, 0.25) is 0 Å². The summed E-state index contributed by atoms with van der Waals surface area (Å²) in [6.45, 7) is 0.399. The van der Waals surface area contributed by atoms with Crippen LogP contribution in [-0.2, 0) is 17.9 Å². The highest BCUT2D eigenvalue weighted by atomic mass is 19.1. The number of anilines is 1. The van der Waals surface area contributed by atoms with E-state index in [1.807, 2.05) is 0 Å². The zero-order valence-corrected chi connectivity index (χ0v) is 17.2. The first-order valence-corrected chi connectivity index (χ1v) is 9.97. The Kier molecular flexibility index (Phi) is 5.84. The second kappa shape index (κ2) is 8.56. The highest BCUT2D eigenvalue weighted by Crippen LogP contribution is 2.28. The van der Waals surface area contributed by atoms with Gasteiger partial charge in [0.15, 0.2) is 0 Å². The first kappa shape index (κ1) is 21.1. The van der Waals surface area contributed by atoms with Crippen LogP contribution in [-0.4, -0.2) is 69.1 Å². The molecule has 2 aliphatic rings. The molecule has 0 radical (unpaired) electrons. The Morgan fingerprint density at radius 1 is 1.29 bits per heavy atom. The number of fused-ring (bicyclic) bond motifs is 1. The molecule has 1 fully saturated rings. The van der Waals surface area contributed by atoms with Crippen LogP contribution in [0.4, 0.5) is 10.2 Å². The van der Waals surface area contributed by atoms with Crippen molar-refractivity contribution in [2.24, 2.45) is 4.99 Å². The van der Waals surface area contributed by atoms with Gasteiger partial charge in [0, 0.05) is 19.7 Å². The summed E-state index contributed by atoms with van der Waals surface area (Å²) in [6.07, 6.45) is 0.712. The molecule has 1 amide bonds. The Hall–Kier alpha value is -3.11. The Morgan fingerprint density at radius 3 is 2.81 bits per heavy atom. The van der Waals surface area contributed by atoms with E-state index in [1.54, 1.807) is 13.1 Å². The first-order valence-electron chi connectivity index (χ1n) is 9.97. The molecule has 3 N–H and O–H groups in total. The SMILES string of the molecule is COc1cc(F)cc(CN(C)C(=O)C2=NCc3ncnc(N[C@@H]4CC[C@@H](O)[C@H]4O)c32)c1. The Bertz CT molecular complexity index is 1030. The minimum absolute atomic E-state index is 0.158. The summed E-state index contributed by atoms with van der Waals surface area (Å²) < 4.78 is 18.9. The average Bonchev–Trinajstić information content (AvgIpc) is 3.32. The molecule has 4 rings (SSSR count). The van der Waals surface area contributed by atoms with Crippen LogP contribution in [0, 0.1) is 5.82 Å². The molecule has 10 heteroatoms. The number of hydrogen-bond donors (Lipinski definition) is 3. The first-order chi connectivity index (χ1) is 14.9. The van der Waals surface area contributed by atoms with Gasteiger partial charge in [-0.1, -0.05) is 0 Å². The monoisotopic (exact) mass is 429 g/mol. The van der Waals surface area contributed by atoms with E-state index in [1.165, 1.54) is 30.5 Å². The Labute approximate surface area is 178 Å². The third-order valence-corrected chi connectivity index (χ3v) is 5.59. The van der Waals surface area contributed by atoms with Crippen molar-refractivity contribution in [2.75, 3.05) is 19.5 Å². The smallest absolute Gasteiger partial charge is 0.272 e. The molecule has 0 spiro atoms. The van der Waals surface area contributed by atoms with Crippen LogP contribution in [0.15, 0.2) is 29.5 Å². The molecule has 0 unspecified atom stereocenters. The standard InChI is InChI=1S/C21H24FN5O4/c1-27(9-11-5-12(22)7-13(6-11)31-2)21(30)18-17-15(8-23-18)24-10-25-20(17)26-14-3-4-16(28)19(14)29/h5-7,10,14,16,19,28-29H,3-4,8-9H2,1-2H3,(H,24,25,26)/t14-,16-,19+/m1/s1. The zero-order chi connectivity index (χ0) is 22.1. The number of methoxy groups -OCH3 is 1. The van der Waals surface area contributed by atoms with Gasteiger partial charge in [0.05, 0.1) is 43.2 Å². The van der Waals surface area contributed by atoms with E-state index in [9.17, 15) is 19.4 Å². The van der Waals surface area contributed by atoms with Crippen molar-refractivity contribution in [1.82, 2.24) is 14.9 Å². The number of nitrogens with one attached hydrogen (secondary N) is 1. The van der Waals surface area contributed by atoms with Crippen LogP contribution in [0.25, 0.3) is 0 Å². The molecular formula is C21H24FN5O4. The van der Waals surface area contributed by atoms with Gasteiger partial charge < -0.3 is 25.2 Å². The highest BCUT2D eigenvalue weighted by molar-refractivity contribution is 6.47. The lowest BCUT2D eigenvalue weighted by Crippen LogP contribution is -2.36. The fourth-order valence-electron chi connectivity index (χ4n) is 3.96. The minimum Gasteiger partial charge on any atom is -0.497 e. The number of ether oxygens (including phenoxy) is 1. The van der Waals surface area contributed by atoms with Gasteiger partial charge in [0.25, 0.3) is 5.91 Å². The molecule has 0 bridgehead atoms. The van der Waals surface area contributed by atoms with E-state index in [-0.39, 0.29) is 30.8 Å². The number of amides is 1. The minimum atomic E-state index is -0.922. The topological polar surface area (TPSA) is 120 Å². The van der Waals surface area contributed by atoms with E-state index in [2.05, 4.69) is 20.3 Å². The molecule has 1 saturated carbocycles. The summed E-state index contributed by atoms with van der Waals surface area (Å²) in [4.78, 5) is 27.4. The van der Waals surface area contributed by atoms with E-state index in [0.29, 0.717) is 41.2 Å². The lowest BCUT2D eigenvalue weighted by atomic mass is 10.1. The predicted octanol–water partition coefficient (Wildman–Crippen LogP) is 0.882. The molecule has 2 aromatic rings. The van der Waals surface area contributed by atoms with Crippen LogP contribution in [0.5, 0.6) is 5.75 Å². The van der Waals surface area contributed by atoms with E-state index in [0.717, 1.165) is 0 Å². The third-order valence-electron chi connectivity index (χ3n) is 5.59. The van der Waals surface area contributed by atoms with Gasteiger partial charge in [-0.25, -0.2) is 14.4 Å². The molecular weight excluding hydrogens is 405 g/mol. The quantitative estimate of drug-likeness (QED) is 0.624. The predicted molar refractivity (Wildman–Crippen MR) is 110 cm³/mol. The summed E-state index contributed by atoms with van der Waals surface area (Å²) in [7, 11) is 3.06. The largest absolute Gasteiger partial charge is 0.497 e. The summed E-state index contributed by atoms with van der Waals surface area (Å²) in [5.74, 6) is -0.0343. The maximum absolute atomic E-state index is 13.8. The van der Waals surface area contributed by atoms with Crippen molar-refractivity contribution in [2.45, 2.75) is 44.2 Å². The molecule has 2 heterocycles. The molecule has 1 aromatic carbocycles. The van der Waals surface area contributed by atoms with E-state index >= 15 is 0 Å². The average molecular weight is 429 g/mol. The van der Waals surface area contributed by atoms with Gasteiger partial charge >= 0.3 is 0 Å². The van der Waals surface area contributed by atoms with Crippen LogP contribution in [0.3, 0.4) is 0 Å². The maximum atomic E-state index is 13.8. The normalized spacial score (nSPS) is 22.1. The summed E-state index contributed by atoms with van der Waals surface area (Å²) in [6, 6.07) is 3.90. The second-order valence-corrected chi connectivity index (χ2v) is 7.76. The number of aliphatic imine (C=N–C) groups is 1. The van der Waals surface area contributed by atoms with Crippen LogP contribution < -0.4 is 10.1 Å². The fraction of sp³-hybridized carbons (Fsp3) is 0.429. The highest BCUT2D eigenvalue weighted by Gasteiger charge is 2.36. The molecule has 1 aliphatic heterocycles. The lowest BCUT2D eigenvalue weighted by Gasteiger charge is -2.21. The molecule has 1 aromatic heterocycles. The summed E-state index contributed by atoms with van der Waals surface area (Å²) >= 11 is 0. The van der Waals surface area contributed by atoms with Crippen LogP contribution in [0.2, 0.25) is 0 Å². The molecule has 1 aliphatic carbocycles.